The summed E-state index contributed by atoms with van der Waals surface area (Å²) in [6.07, 6.45) is -4.74. The minimum absolute atomic E-state index is 0.0337. The maximum absolute atomic E-state index is 14.0. The minimum atomic E-state index is -4.88. The number of nitrogens with two attached hydrogens (primary N) is 1. The van der Waals surface area contributed by atoms with E-state index in [9.17, 15) is 18.3 Å². The van der Waals surface area contributed by atoms with E-state index < -0.39 is 30.0 Å². The molecule has 2 aromatic carbocycles. The summed E-state index contributed by atoms with van der Waals surface area (Å²) in [6.45, 7) is 5.41. The molecule has 1 aliphatic rings. The van der Waals surface area contributed by atoms with Gasteiger partial charge in [-0.2, -0.15) is 18.4 Å². The van der Waals surface area contributed by atoms with Gasteiger partial charge in [-0.15, -0.1) is 0 Å². The molecule has 33 heavy (non-hydrogen) atoms. The fourth-order valence-electron chi connectivity index (χ4n) is 3.94. The van der Waals surface area contributed by atoms with E-state index in [0.29, 0.717) is 28.2 Å². The Bertz CT molecular complexity index is 1100. The molecule has 176 valence electrons. The highest BCUT2D eigenvalue weighted by atomic mass is 19.4. The first-order valence-corrected chi connectivity index (χ1v) is 10.5. The lowest BCUT2D eigenvalue weighted by atomic mass is 9.76. The zero-order chi connectivity index (χ0) is 24.4. The number of aryl methyl sites for hydroxylation is 1. The van der Waals surface area contributed by atoms with E-state index in [1.807, 2.05) is 6.07 Å². The third kappa shape index (κ3) is 5.25. The van der Waals surface area contributed by atoms with Crippen LogP contribution in [0.3, 0.4) is 0 Å². The van der Waals surface area contributed by atoms with E-state index in [-0.39, 0.29) is 18.9 Å². The van der Waals surface area contributed by atoms with Gasteiger partial charge in [0, 0.05) is 17.7 Å². The minimum Gasteiger partial charge on any atom is -0.454 e. The highest BCUT2D eigenvalue weighted by Crippen LogP contribution is 2.46. The zero-order valence-electron chi connectivity index (χ0n) is 18.8. The van der Waals surface area contributed by atoms with Crippen molar-refractivity contribution in [2.75, 3.05) is 6.79 Å². The Morgan fingerprint density at radius 3 is 2.55 bits per heavy atom. The monoisotopic (exact) mass is 460 g/mol. The molecule has 0 aromatic heterocycles. The van der Waals surface area contributed by atoms with Crippen LogP contribution in [0.25, 0.3) is 6.08 Å². The second kappa shape index (κ2) is 8.99. The molecule has 0 amide bonds. The average Bonchev–Trinajstić information content (AvgIpc) is 3.21. The molecular formula is C25H27F3N2O3. The van der Waals surface area contributed by atoms with Crippen LogP contribution in [0, 0.1) is 18.3 Å². The van der Waals surface area contributed by atoms with Crippen molar-refractivity contribution in [3.8, 4) is 17.6 Å². The fraction of sp³-hybridized carbons (Fsp3) is 0.400. The van der Waals surface area contributed by atoms with Gasteiger partial charge in [-0.05, 0) is 60.6 Å². The lowest BCUT2D eigenvalue weighted by molar-refractivity contribution is -0.263. The molecular weight excluding hydrogens is 433 g/mol. The second-order valence-corrected chi connectivity index (χ2v) is 9.03. The summed E-state index contributed by atoms with van der Waals surface area (Å²) in [5.74, 6) is 1.07. The molecule has 0 aliphatic carbocycles. The third-order valence-corrected chi connectivity index (χ3v) is 6.05. The summed E-state index contributed by atoms with van der Waals surface area (Å²) < 4.78 is 52.8. The molecule has 2 aromatic rings. The van der Waals surface area contributed by atoms with Crippen LogP contribution < -0.4 is 15.2 Å². The number of rotatable bonds is 7. The van der Waals surface area contributed by atoms with E-state index in [1.54, 1.807) is 57.2 Å². The predicted octanol–water partition coefficient (Wildman–Crippen LogP) is 5.34. The van der Waals surface area contributed by atoms with Crippen LogP contribution in [0.5, 0.6) is 11.5 Å². The molecule has 0 radical (unpaired) electrons. The van der Waals surface area contributed by atoms with Crippen molar-refractivity contribution >= 4 is 6.08 Å². The van der Waals surface area contributed by atoms with Crippen LogP contribution in [0.15, 0.2) is 42.1 Å². The highest BCUT2D eigenvalue weighted by molar-refractivity contribution is 5.58. The summed E-state index contributed by atoms with van der Waals surface area (Å²) in [5.41, 5.74) is 4.59. The summed E-state index contributed by atoms with van der Waals surface area (Å²) in [4.78, 5) is 0. The molecule has 0 saturated carbocycles. The maximum Gasteiger partial charge on any atom is 0.417 e. The standard InChI is InChI=1S/C25H27F3N2O3/c1-16-11-17(14-29)7-8-18(16)12-19(30)13-24(31,25(26,27)28)10-9-23(2,3)20-5-4-6-21-22(20)33-15-32-21/h4-8,11-12,31H,9-10,13,15,30H2,1-3H3/b19-12-. The van der Waals surface area contributed by atoms with Gasteiger partial charge < -0.3 is 20.3 Å². The molecule has 0 bridgehead atoms. The Kier molecular flexibility index (Phi) is 6.66. The highest BCUT2D eigenvalue weighted by Gasteiger charge is 2.54. The quantitative estimate of drug-likeness (QED) is 0.583. The number of hydrogen-bond donors (Lipinski definition) is 2. The summed E-state index contributed by atoms with van der Waals surface area (Å²) in [7, 11) is 0. The lowest BCUT2D eigenvalue weighted by Gasteiger charge is -2.35. The van der Waals surface area contributed by atoms with Crippen molar-refractivity contribution in [3.05, 3.63) is 64.3 Å². The number of fused-ring (bicyclic) bond motifs is 1. The molecule has 0 saturated heterocycles. The number of alkyl halides is 3. The summed E-state index contributed by atoms with van der Waals surface area (Å²) in [6, 6.07) is 12.1. The van der Waals surface area contributed by atoms with Crippen molar-refractivity contribution in [2.24, 2.45) is 5.73 Å². The van der Waals surface area contributed by atoms with Crippen molar-refractivity contribution in [1.29, 1.82) is 5.26 Å². The fourth-order valence-corrected chi connectivity index (χ4v) is 3.94. The molecule has 8 heteroatoms. The van der Waals surface area contributed by atoms with Crippen molar-refractivity contribution in [2.45, 2.75) is 57.2 Å². The smallest absolute Gasteiger partial charge is 0.417 e. The van der Waals surface area contributed by atoms with Gasteiger partial charge in [0.15, 0.2) is 17.1 Å². The zero-order valence-corrected chi connectivity index (χ0v) is 18.8. The van der Waals surface area contributed by atoms with Gasteiger partial charge in [0.1, 0.15) is 0 Å². The van der Waals surface area contributed by atoms with Crippen molar-refractivity contribution in [3.63, 3.8) is 0 Å². The number of halogens is 3. The maximum atomic E-state index is 14.0. The van der Waals surface area contributed by atoms with Gasteiger partial charge in [0.2, 0.25) is 6.79 Å². The SMILES string of the molecule is Cc1cc(C#N)ccc1/C=C(\N)CC(O)(CCC(C)(C)c1cccc2c1OCO2)C(F)(F)F. The first-order chi connectivity index (χ1) is 15.4. The molecule has 1 atom stereocenters. The molecule has 5 nitrogen and oxygen atoms in total. The number of benzene rings is 2. The Balaban J connectivity index is 1.82. The number of ether oxygens (including phenoxy) is 2. The number of para-hydroxylation sites is 1. The van der Waals surface area contributed by atoms with E-state index in [1.165, 1.54) is 6.08 Å². The Morgan fingerprint density at radius 2 is 1.91 bits per heavy atom. The van der Waals surface area contributed by atoms with Gasteiger partial charge in [0.25, 0.3) is 0 Å². The van der Waals surface area contributed by atoms with Gasteiger partial charge in [0.05, 0.1) is 11.6 Å². The first-order valence-electron chi connectivity index (χ1n) is 10.5. The van der Waals surface area contributed by atoms with Gasteiger partial charge in [-0.1, -0.05) is 32.0 Å². The summed E-state index contributed by atoms with van der Waals surface area (Å²) in [5, 5.41) is 19.7. The van der Waals surface area contributed by atoms with Crippen LogP contribution >= 0.6 is 0 Å². The van der Waals surface area contributed by atoms with Crippen molar-refractivity contribution in [1.82, 2.24) is 0 Å². The molecule has 1 heterocycles. The van der Waals surface area contributed by atoms with Crippen LogP contribution in [-0.2, 0) is 5.41 Å². The summed E-state index contributed by atoms with van der Waals surface area (Å²) >= 11 is 0. The Labute approximate surface area is 191 Å². The lowest BCUT2D eigenvalue weighted by Crippen LogP contribution is -2.47. The molecule has 3 rings (SSSR count). The largest absolute Gasteiger partial charge is 0.454 e. The van der Waals surface area contributed by atoms with E-state index in [4.69, 9.17) is 20.5 Å². The normalized spacial score (nSPS) is 15.8. The van der Waals surface area contributed by atoms with Crippen molar-refractivity contribution < 1.29 is 27.8 Å². The Hall–Kier alpha value is -3.18. The van der Waals surface area contributed by atoms with Crippen LogP contribution in [0.4, 0.5) is 13.2 Å². The van der Waals surface area contributed by atoms with Crippen LogP contribution in [0.1, 0.15) is 55.4 Å². The Morgan fingerprint density at radius 1 is 1.18 bits per heavy atom. The average molecular weight is 460 g/mol. The third-order valence-electron chi connectivity index (χ3n) is 6.05. The molecule has 1 unspecified atom stereocenters. The van der Waals surface area contributed by atoms with Gasteiger partial charge in [-0.3, -0.25) is 0 Å². The van der Waals surface area contributed by atoms with Crippen LogP contribution in [-0.4, -0.2) is 23.7 Å². The topological polar surface area (TPSA) is 88.5 Å². The molecule has 3 N–H and O–H groups in total. The number of aliphatic hydroxyl groups is 1. The number of nitriles is 1. The first kappa shape index (κ1) is 24.5. The van der Waals surface area contributed by atoms with E-state index >= 15 is 0 Å². The van der Waals surface area contributed by atoms with E-state index in [2.05, 4.69) is 0 Å². The molecule has 0 spiro atoms. The molecule has 1 aliphatic heterocycles. The van der Waals surface area contributed by atoms with Gasteiger partial charge >= 0.3 is 6.18 Å². The van der Waals surface area contributed by atoms with Crippen LogP contribution in [0.2, 0.25) is 0 Å². The van der Waals surface area contributed by atoms with Gasteiger partial charge in [-0.25, -0.2) is 0 Å². The predicted molar refractivity (Wildman–Crippen MR) is 119 cm³/mol. The number of nitrogens with zero attached hydrogens (tertiary/aromatic N) is 1. The number of hydrogen-bond acceptors (Lipinski definition) is 5. The van der Waals surface area contributed by atoms with E-state index in [0.717, 1.165) is 5.56 Å². The molecule has 0 fully saturated rings. The second-order valence-electron chi connectivity index (χ2n) is 9.03.